The van der Waals surface area contributed by atoms with E-state index in [9.17, 15) is 9.59 Å². The van der Waals surface area contributed by atoms with E-state index in [-0.39, 0.29) is 23.8 Å². The maximum absolute atomic E-state index is 13.2. The predicted molar refractivity (Wildman–Crippen MR) is 123 cm³/mol. The lowest BCUT2D eigenvalue weighted by Crippen LogP contribution is -2.39. The minimum absolute atomic E-state index is 0.0132. The van der Waals surface area contributed by atoms with Crippen molar-refractivity contribution < 1.29 is 23.8 Å². The highest BCUT2D eigenvalue weighted by atomic mass is 35.5. The highest BCUT2D eigenvalue weighted by Crippen LogP contribution is 2.43. The highest BCUT2D eigenvalue weighted by molar-refractivity contribution is 6.30. The Morgan fingerprint density at radius 2 is 1.69 bits per heavy atom. The summed E-state index contributed by atoms with van der Waals surface area (Å²) in [6.07, 6.45) is 0. The molecule has 1 aliphatic heterocycles. The van der Waals surface area contributed by atoms with Gasteiger partial charge in [0.1, 0.15) is 0 Å². The Balaban J connectivity index is 1.99. The van der Waals surface area contributed by atoms with Gasteiger partial charge >= 0.3 is 0 Å². The van der Waals surface area contributed by atoms with Crippen LogP contribution in [0.15, 0.2) is 36.4 Å². The topological polar surface area (TPSA) is 77.1 Å². The normalized spacial score (nSPS) is 17.9. The molecule has 32 heavy (non-hydrogen) atoms. The summed E-state index contributed by atoms with van der Waals surface area (Å²) in [6.45, 7) is 4.50. The number of hydrogen-bond acceptors (Lipinski definition) is 5. The van der Waals surface area contributed by atoms with E-state index in [2.05, 4.69) is 5.32 Å². The maximum Gasteiger partial charge on any atom is 0.253 e. The number of rotatable bonds is 7. The minimum Gasteiger partial charge on any atom is -0.493 e. The third kappa shape index (κ3) is 4.93. The number of nitrogens with one attached hydrogen (secondary N) is 1. The van der Waals surface area contributed by atoms with Gasteiger partial charge in [0, 0.05) is 35.6 Å². The zero-order valence-corrected chi connectivity index (χ0v) is 19.7. The lowest BCUT2D eigenvalue weighted by Gasteiger charge is -2.21. The number of benzene rings is 2. The summed E-state index contributed by atoms with van der Waals surface area (Å²) < 4.78 is 16.4. The first-order valence-corrected chi connectivity index (χ1v) is 10.8. The first-order chi connectivity index (χ1) is 15.3. The smallest absolute Gasteiger partial charge is 0.253 e. The van der Waals surface area contributed by atoms with Gasteiger partial charge in [-0.15, -0.1) is 0 Å². The Labute approximate surface area is 193 Å². The van der Waals surface area contributed by atoms with Crippen LogP contribution < -0.4 is 19.5 Å². The van der Waals surface area contributed by atoms with Gasteiger partial charge in [0.2, 0.25) is 11.7 Å². The molecule has 7 nitrogen and oxygen atoms in total. The van der Waals surface area contributed by atoms with Crippen LogP contribution in [0.3, 0.4) is 0 Å². The first kappa shape index (κ1) is 23.7. The molecule has 0 aliphatic carbocycles. The van der Waals surface area contributed by atoms with Crippen molar-refractivity contribution in [2.75, 3.05) is 34.4 Å². The molecule has 2 aromatic rings. The standard InChI is InChI=1S/C24H29ClN2O5/c1-14(2)26-23(28)19-13-27(24(29)15-7-6-8-17(25)9-15)12-18(19)16-10-20(30-3)22(32-5)21(11-16)31-4/h6-11,14,18-19H,12-13H2,1-5H3,(H,26,28)/t18-,19-/m1/s1. The van der Waals surface area contributed by atoms with Crippen LogP contribution in [0.1, 0.15) is 35.7 Å². The summed E-state index contributed by atoms with van der Waals surface area (Å²) in [7, 11) is 4.64. The van der Waals surface area contributed by atoms with Gasteiger partial charge in [0.05, 0.1) is 27.2 Å². The summed E-state index contributed by atoms with van der Waals surface area (Å²) in [5, 5.41) is 3.48. The summed E-state index contributed by atoms with van der Waals surface area (Å²) >= 11 is 6.08. The molecular weight excluding hydrogens is 432 g/mol. The van der Waals surface area contributed by atoms with Crippen molar-refractivity contribution in [3.63, 3.8) is 0 Å². The van der Waals surface area contributed by atoms with Crippen LogP contribution in [0.5, 0.6) is 17.2 Å². The first-order valence-electron chi connectivity index (χ1n) is 10.4. The Morgan fingerprint density at radius 1 is 1.03 bits per heavy atom. The molecule has 0 saturated carbocycles. The van der Waals surface area contributed by atoms with Crippen LogP contribution in [0.4, 0.5) is 0 Å². The lowest BCUT2D eigenvalue weighted by molar-refractivity contribution is -0.125. The second-order valence-corrected chi connectivity index (χ2v) is 8.49. The molecule has 0 unspecified atom stereocenters. The van der Waals surface area contributed by atoms with Crippen LogP contribution >= 0.6 is 11.6 Å². The molecule has 172 valence electrons. The number of amides is 2. The number of carbonyl (C=O) groups is 2. The van der Waals surface area contributed by atoms with Crippen molar-refractivity contribution in [3.05, 3.63) is 52.5 Å². The van der Waals surface area contributed by atoms with E-state index < -0.39 is 5.92 Å². The van der Waals surface area contributed by atoms with Gasteiger partial charge in [-0.3, -0.25) is 9.59 Å². The fourth-order valence-electron chi connectivity index (χ4n) is 4.08. The van der Waals surface area contributed by atoms with Crippen LogP contribution in [-0.2, 0) is 4.79 Å². The number of halogens is 1. The van der Waals surface area contributed by atoms with Gasteiger partial charge in [-0.05, 0) is 49.7 Å². The molecule has 2 amide bonds. The van der Waals surface area contributed by atoms with Crippen molar-refractivity contribution >= 4 is 23.4 Å². The summed E-state index contributed by atoms with van der Waals surface area (Å²) in [4.78, 5) is 28.0. The van der Waals surface area contributed by atoms with Crippen molar-refractivity contribution in [2.24, 2.45) is 5.92 Å². The molecule has 1 saturated heterocycles. The van der Waals surface area contributed by atoms with E-state index in [1.54, 1.807) is 50.5 Å². The van der Waals surface area contributed by atoms with Gasteiger partial charge in [-0.25, -0.2) is 0 Å². The van der Waals surface area contributed by atoms with E-state index in [4.69, 9.17) is 25.8 Å². The van der Waals surface area contributed by atoms with Crippen molar-refractivity contribution in [1.82, 2.24) is 10.2 Å². The highest BCUT2D eigenvalue weighted by Gasteiger charge is 2.41. The number of hydrogen-bond donors (Lipinski definition) is 1. The Kier molecular flexibility index (Phi) is 7.51. The van der Waals surface area contributed by atoms with Gasteiger partial charge in [0.15, 0.2) is 11.5 Å². The van der Waals surface area contributed by atoms with Gasteiger partial charge in [0.25, 0.3) is 5.91 Å². The summed E-state index contributed by atoms with van der Waals surface area (Å²) in [5.74, 6) is 0.555. The molecule has 1 fully saturated rings. The number of carbonyl (C=O) groups excluding carboxylic acids is 2. The molecule has 1 aliphatic rings. The van der Waals surface area contributed by atoms with Crippen molar-refractivity contribution in [1.29, 1.82) is 0 Å². The molecule has 0 spiro atoms. The molecular formula is C24H29ClN2O5. The van der Waals surface area contributed by atoms with E-state index in [0.717, 1.165) is 5.56 Å². The van der Waals surface area contributed by atoms with Gasteiger partial charge in [-0.1, -0.05) is 17.7 Å². The third-order valence-electron chi connectivity index (χ3n) is 5.56. The number of nitrogens with zero attached hydrogens (tertiary/aromatic N) is 1. The Morgan fingerprint density at radius 3 is 2.22 bits per heavy atom. The number of likely N-dealkylation sites (tertiary alicyclic amines) is 1. The van der Waals surface area contributed by atoms with Gasteiger partial charge < -0.3 is 24.4 Å². The second-order valence-electron chi connectivity index (χ2n) is 8.06. The number of methoxy groups -OCH3 is 3. The maximum atomic E-state index is 13.2. The zero-order valence-electron chi connectivity index (χ0n) is 19.0. The van der Waals surface area contributed by atoms with E-state index >= 15 is 0 Å². The molecule has 2 aromatic carbocycles. The largest absolute Gasteiger partial charge is 0.493 e. The molecule has 0 aromatic heterocycles. The van der Waals surface area contributed by atoms with Crippen LogP contribution in [-0.4, -0.2) is 57.2 Å². The summed E-state index contributed by atoms with van der Waals surface area (Å²) in [6, 6.07) is 10.5. The van der Waals surface area contributed by atoms with Crippen LogP contribution in [0.25, 0.3) is 0 Å². The average Bonchev–Trinajstić information content (AvgIpc) is 3.22. The fraction of sp³-hybridized carbons (Fsp3) is 0.417. The average molecular weight is 461 g/mol. The van der Waals surface area contributed by atoms with E-state index in [1.807, 2.05) is 26.0 Å². The molecule has 0 bridgehead atoms. The molecule has 2 atom stereocenters. The molecule has 1 heterocycles. The number of ether oxygens (including phenoxy) is 3. The Hall–Kier alpha value is -2.93. The fourth-order valence-corrected chi connectivity index (χ4v) is 4.27. The SMILES string of the molecule is COc1cc([C@H]2CN(C(=O)c3cccc(Cl)c3)C[C@H]2C(=O)NC(C)C)cc(OC)c1OC. The van der Waals surface area contributed by atoms with Gasteiger partial charge in [-0.2, -0.15) is 0 Å². The Bertz CT molecular complexity index is 969. The molecule has 0 radical (unpaired) electrons. The monoisotopic (exact) mass is 460 g/mol. The molecule has 1 N–H and O–H groups in total. The molecule has 8 heteroatoms. The van der Waals surface area contributed by atoms with E-state index in [0.29, 0.717) is 40.9 Å². The van der Waals surface area contributed by atoms with Crippen molar-refractivity contribution in [3.8, 4) is 17.2 Å². The minimum atomic E-state index is -0.427. The quantitative estimate of drug-likeness (QED) is 0.681. The van der Waals surface area contributed by atoms with Crippen LogP contribution in [0, 0.1) is 5.92 Å². The summed E-state index contributed by atoms with van der Waals surface area (Å²) in [5.41, 5.74) is 1.33. The predicted octanol–water partition coefficient (Wildman–Crippen LogP) is 3.75. The second kappa shape index (κ2) is 10.1. The third-order valence-corrected chi connectivity index (χ3v) is 5.80. The van der Waals surface area contributed by atoms with E-state index in [1.165, 1.54) is 0 Å². The zero-order chi connectivity index (χ0) is 23.4. The molecule has 3 rings (SSSR count). The van der Waals surface area contributed by atoms with Crippen molar-refractivity contribution in [2.45, 2.75) is 25.8 Å². The lowest BCUT2D eigenvalue weighted by atomic mass is 9.87. The van der Waals surface area contributed by atoms with Crippen LogP contribution in [0.2, 0.25) is 5.02 Å².